The largest absolute Gasteiger partial charge is 0.337 e. The Morgan fingerprint density at radius 3 is 2.54 bits per heavy atom. The molecule has 0 radical (unpaired) electrons. The van der Waals surface area contributed by atoms with Gasteiger partial charge >= 0.3 is 0 Å². The summed E-state index contributed by atoms with van der Waals surface area (Å²) in [5.41, 5.74) is 1.14. The van der Waals surface area contributed by atoms with Crippen molar-refractivity contribution in [2.45, 2.75) is 23.1 Å². The Balaban J connectivity index is 0.00000243. The number of hydrogen-bond acceptors (Lipinski definition) is 4. The van der Waals surface area contributed by atoms with E-state index in [1.165, 1.54) is 0 Å². The predicted octanol–water partition coefficient (Wildman–Crippen LogP) is 2.52. The minimum atomic E-state index is -3.43. The fourth-order valence-electron chi connectivity index (χ4n) is 3.06. The molecule has 140 valence electrons. The maximum absolute atomic E-state index is 12.7. The summed E-state index contributed by atoms with van der Waals surface area (Å²) in [6.07, 6.45) is 0.935. The van der Waals surface area contributed by atoms with E-state index in [0.717, 1.165) is 19.5 Å². The molecule has 1 amide bonds. The molecule has 0 bridgehead atoms. The van der Waals surface area contributed by atoms with E-state index in [2.05, 4.69) is 5.32 Å². The molecule has 1 atom stereocenters. The second-order valence-electron chi connectivity index (χ2n) is 6.34. The molecule has 1 heterocycles. The van der Waals surface area contributed by atoms with Crippen molar-refractivity contribution in [2.75, 3.05) is 20.1 Å². The quantitative estimate of drug-likeness (QED) is 0.846. The summed E-state index contributed by atoms with van der Waals surface area (Å²) in [6.45, 7) is 1.71. The number of rotatable bonds is 5. The van der Waals surface area contributed by atoms with Crippen molar-refractivity contribution < 1.29 is 13.2 Å². The van der Waals surface area contributed by atoms with Crippen LogP contribution in [0.15, 0.2) is 59.5 Å². The zero-order chi connectivity index (χ0) is 17.9. The monoisotopic (exact) mass is 394 g/mol. The molecule has 3 rings (SSSR count). The lowest BCUT2D eigenvalue weighted by atomic mass is 10.1. The lowest BCUT2D eigenvalue weighted by Crippen LogP contribution is -2.38. The molecule has 0 aliphatic carbocycles. The van der Waals surface area contributed by atoms with Crippen molar-refractivity contribution in [3.63, 3.8) is 0 Å². The third-order valence-electron chi connectivity index (χ3n) is 4.54. The zero-order valence-corrected chi connectivity index (χ0v) is 16.2. The van der Waals surface area contributed by atoms with Crippen LogP contribution in [-0.4, -0.2) is 45.4 Å². The third kappa shape index (κ3) is 4.63. The molecule has 1 N–H and O–H groups in total. The average molecular weight is 395 g/mol. The lowest BCUT2D eigenvalue weighted by molar-refractivity contribution is 0.0743. The molecule has 7 heteroatoms. The van der Waals surface area contributed by atoms with Crippen molar-refractivity contribution in [1.29, 1.82) is 0 Å². The third-order valence-corrected chi connectivity index (χ3v) is 6.24. The highest BCUT2D eigenvalue weighted by atomic mass is 35.5. The molecule has 5 nitrogen and oxygen atoms in total. The highest BCUT2D eigenvalue weighted by Gasteiger charge is 2.24. The van der Waals surface area contributed by atoms with Crippen LogP contribution in [0.3, 0.4) is 0 Å². The second kappa shape index (κ2) is 8.66. The van der Waals surface area contributed by atoms with Gasteiger partial charge in [0.1, 0.15) is 0 Å². The Bertz CT molecular complexity index is 850. The average Bonchev–Trinajstić information content (AvgIpc) is 3.16. The summed E-state index contributed by atoms with van der Waals surface area (Å²) in [5.74, 6) is -0.194. The Morgan fingerprint density at radius 1 is 1.15 bits per heavy atom. The molecular weight excluding hydrogens is 372 g/mol. The van der Waals surface area contributed by atoms with Crippen molar-refractivity contribution in [3.05, 3.63) is 65.7 Å². The zero-order valence-electron chi connectivity index (χ0n) is 14.6. The fourth-order valence-corrected chi connectivity index (χ4v) is 4.42. The number of nitrogens with one attached hydrogen (secondary N) is 1. The van der Waals surface area contributed by atoms with Crippen LogP contribution in [0.25, 0.3) is 0 Å². The van der Waals surface area contributed by atoms with Gasteiger partial charge in [-0.3, -0.25) is 4.79 Å². The minimum Gasteiger partial charge on any atom is -0.337 e. The van der Waals surface area contributed by atoms with E-state index < -0.39 is 9.84 Å². The molecule has 2 aromatic rings. The van der Waals surface area contributed by atoms with Crippen LogP contribution in [0.5, 0.6) is 0 Å². The number of sulfone groups is 1. The first-order valence-corrected chi connectivity index (χ1v) is 9.97. The number of likely N-dealkylation sites (N-methyl/N-ethyl adjacent to an activating group) is 1. The van der Waals surface area contributed by atoms with Gasteiger partial charge in [-0.1, -0.05) is 30.3 Å². The van der Waals surface area contributed by atoms with Gasteiger partial charge in [0.2, 0.25) is 0 Å². The SMILES string of the molecule is CN(C(=O)c1cccc(CS(=O)(=O)c2ccccc2)c1)C1CCNC1.Cl. The van der Waals surface area contributed by atoms with Crippen LogP contribution < -0.4 is 5.32 Å². The van der Waals surface area contributed by atoms with E-state index in [9.17, 15) is 13.2 Å². The maximum Gasteiger partial charge on any atom is 0.253 e. The van der Waals surface area contributed by atoms with Gasteiger partial charge < -0.3 is 10.2 Å². The summed E-state index contributed by atoms with van der Waals surface area (Å²) in [7, 11) is -1.63. The molecule has 0 spiro atoms. The highest BCUT2D eigenvalue weighted by molar-refractivity contribution is 7.90. The minimum absolute atomic E-state index is 0. The highest BCUT2D eigenvalue weighted by Crippen LogP contribution is 2.18. The number of amides is 1. The summed E-state index contributed by atoms with van der Waals surface area (Å²) in [4.78, 5) is 14.7. The molecular formula is C19H23ClN2O3S. The van der Waals surface area contributed by atoms with E-state index in [4.69, 9.17) is 0 Å². The number of carbonyl (C=O) groups is 1. The number of hydrogen-bond donors (Lipinski definition) is 1. The normalized spacial score (nSPS) is 16.7. The summed E-state index contributed by atoms with van der Waals surface area (Å²) >= 11 is 0. The van der Waals surface area contributed by atoms with Crippen LogP contribution in [0, 0.1) is 0 Å². The first kappa shape index (κ1) is 20.4. The van der Waals surface area contributed by atoms with Crippen molar-refractivity contribution in [1.82, 2.24) is 10.2 Å². The van der Waals surface area contributed by atoms with Crippen LogP contribution in [-0.2, 0) is 15.6 Å². The van der Waals surface area contributed by atoms with E-state index in [0.29, 0.717) is 16.0 Å². The van der Waals surface area contributed by atoms with Gasteiger partial charge in [-0.2, -0.15) is 0 Å². The topological polar surface area (TPSA) is 66.5 Å². The van der Waals surface area contributed by atoms with E-state index in [1.54, 1.807) is 66.5 Å². The number of nitrogens with zero attached hydrogens (tertiary/aromatic N) is 1. The molecule has 0 aromatic heterocycles. The predicted molar refractivity (Wildman–Crippen MR) is 104 cm³/mol. The van der Waals surface area contributed by atoms with Crippen LogP contribution in [0.1, 0.15) is 22.3 Å². The number of benzene rings is 2. The molecule has 1 saturated heterocycles. The lowest BCUT2D eigenvalue weighted by Gasteiger charge is -2.24. The smallest absolute Gasteiger partial charge is 0.253 e. The Hall–Kier alpha value is -1.89. The second-order valence-corrected chi connectivity index (χ2v) is 8.32. The number of carbonyl (C=O) groups excluding carboxylic acids is 1. The van der Waals surface area contributed by atoms with Crippen LogP contribution in [0.4, 0.5) is 0 Å². The maximum atomic E-state index is 12.7. The van der Waals surface area contributed by atoms with Gasteiger partial charge in [0.05, 0.1) is 10.6 Å². The van der Waals surface area contributed by atoms with E-state index in [1.807, 2.05) is 0 Å². The molecule has 1 unspecified atom stereocenters. The number of halogens is 1. The molecule has 1 fully saturated rings. The fraction of sp³-hybridized carbons (Fsp3) is 0.316. The van der Waals surface area contributed by atoms with Crippen LogP contribution >= 0.6 is 12.4 Å². The Kier molecular flexibility index (Phi) is 6.81. The van der Waals surface area contributed by atoms with E-state index in [-0.39, 0.29) is 30.1 Å². The van der Waals surface area contributed by atoms with Crippen molar-refractivity contribution in [3.8, 4) is 0 Å². The Labute approximate surface area is 160 Å². The summed E-state index contributed by atoms with van der Waals surface area (Å²) in [6, 6.07) is 15.5. The summed E-state index contributed by atoms with van der Waals surface area (Å²) in [5, 5.41) is 3.25. The Morgan fingerprint density at radius 2 is 1.88 bits per heavy atom. The molecule has 0 saturated carbocycles. The van der Waals surface area contributed by atoms with Gasteiger partial charge in [-0.15, -0.1) is 12.4 Å². The van der Waals surface area contributed by atoms with E-state index >= 15 is 0 Å². The van der Waals surface area contributed by atoms with Gasteiger partial charge in [0.15, 0.2) is 9.84 Å². The molecule has 2 aromatic carbocycles. The summed E-state index contributed by atoms with van der Waals surface area (Å²) < 4.78 is 25.0. The van der Waals surface area contributed by atoms with Crippen molar-refractivity contribution in [2.24, 2.45) is 0 Å². The molecule has 1 aliphatic rings. The van der Waals surface area contributed by atoms with Gasteiger partial charge in [0, 0.05) is 25.2 Å². The first-order chi connectivity index (χ1) is 12.0. The molecule has 1 aliphatic heterocycles. The van der Waals surface area contributed by atoms with Crippen molar-refractivity contribution >= 4 is 28.2 Å². The van der Waals surface area contributed by atoms with Gasteiger partial charge in [-0.05, 0) is 42.8 Å². The standard InChI is InChI=1S/C19H22N2O3S.ClH/c1-21(17-10-11-20-13-17)19(22)16-7-5-6-15(12-16)14-25(23,24)18-8-3-2-4-9-18;/h2-9,12,17,20H,10-11,13-14H2,1H3;1H. The van der Waals surface area contributed by atoms with Gasteiger partial charge in [0.25, 0.3) is 5.91 Å². The first-order valence-electron chi connectivity index (χ1n) is 8.32. The molecule has 26 heavy (non-hydrogen) atoms. The van der Waals surface area contributed by atoms with Gasteiger partial charge in [-0.25, -0.2) is 8.42 Å². The van der Waals surface area contributed by atoms with Crippen LogP contribution in [0.2, 0.25) is 0 Å².